The smallest absolute Gasteiger partial charge is 0.0717 e. The fourth-order valence-electron chi connectivity index (χ4n) is 2.37. The minimum absolute atomic E-state index is 0.452. The Kier molecular flexibility index (Phi) is 3.85. The molecule has 0 radical (unpaired) electrons. The standard InChI is InChI=1S/C15H22O2/c1-15(2,16)14-8-13(9-14)11-17-10-12-6-4-3-5-7-12/h3-7,13-14,16H,8-11H2,1-2H3. The highest BCUT2D eigenvalue weighted by molar-refractivity contribution is 5.13. The van der Waals surface area contributed by atoms with Crippen molar-refractivity contribution in [3.63, 3.8) is 0 Å². The number of hydrogen-bond acceptors (Lipinski definition) is 2. The molecule has 2 heteroatoms. The Bertz CT molecular complexity index is 334. The van der Waals surface area contributed by atoms with Crippen LogP contribution in [0.4, 0.5) is 0 Å². The maximum Gasteiger partial charge on any atom is 0.0717 e. The van der Waals surface area contributed by atoms with Gasteiger partial charge in [0.2, 0.25) is 0 Å². The van der Waals surface area contributed by atoms with E-state index >= 15 is 0 Å². The molecule has 1 aromatic carbocycles. The molecular weight excluding hydrogens is 212 g/mol. The third-order valence-corrected chi connectivity index (χ3v) is 3.70. The molecule has 1 aliphatic rings. The van der Waals surface area contributed by atoms with Gasteiger partial charge >= 0.3 is 0 Å². The molecule has 0 heterocycles. The van der Waals surface area contributed by atoms with Crippen molar-refractivity contribution in [1.29, 1.82) is 0 Å². The molecule has 94 valence electrons. The first-order valence-electron chi connectivity index (χ1n) is 6.40. The van der Waals surface area contributed by atoms with Crippen LogP contribution in [0.1, 0.15) is 32.3 Å². The normalized spacial score (nSPS) is 24.4. The van der Waals surface area contributed by atoms with Gasteiger partial charge in [0, 0.05) is 6.61 Å². The van der Waals surface area contributed by atoms with E-state index in [-0.39, 0.29) is 0 Å². The SMILES string of the molecule is CC(C)(O)C1CC(COCc2ccccc2)C1. The summed E-state index contributed by atoms with van der Waals surface area (Å²) in [6.45, 7) is 5.32. The summed E-state index contributed by atoms with van der Waals surface area (Å²) in [5.74, 6) is 1.09. The van der Waals surface area contributed by atoms with Gasteiger partial charge in [-0.2, -0.15) is 0 Å². The molecule has 1 aliphatic carbocycles. The minimum Gasteiger partial charge on any atom is -0.390 e. The molecule has 0 spiro atoms. The van der Waals surface area contributed by atoms with Crippen LogP contribution in [0.25, 0.3) is 0 Å². The lowest BCUT2D eigenvalue weighted by Crippen LogP contribution is -2.41. The molecule has 0 amide bonds. The van der Waals surface area contributed by atoms with Crippen LogP contribution >= 0.6 is 0 Å². The van der Waals surface area contributed by atoms with E-state index in [9.17, 15) is 5.11 Å². The summed E-state index contributed by atoms with van der Waals surface area (Å²) in [6, 6.07) is 10.3. The molecule has 1 fully saturated rings. The second kappa shape index (κ2) is 5.19. The Hall–Kier alpha value is -0.860. The molecule has 0 atom stereocenters. The highest BCUT2D eigenvalue weighted by atomic mass is 16.5. The summed E-state index contributed by atoms with van der Waals surface area (Å²) >= 11 is 0. The van der Waals surface area contributed by atoms with Crippen molar-refractivity contribution in [2.24, 2.45) is 11.8 Å². The zero-order valence-corrected chi connectivity index (χ0v) is 10.7. The van der Waals surface area contributed by atoms with E-state index in [1.807, 2.05) is 32.0 Å². The van der Waals surface area contributed by atoms with E-state index in [4.69, 9.17) is 4.74 Å². The number of aliphatic hydroxyl groups is 1. The third-order valence-electron chi connectivity index (χ3n) is 3.70. The van der Waals surface area contributed by atoms with Gasteiger partial charge in [0.05, 0.1) is 12.2 Å². The molecule has 1 aromatic rings. The summed E-state index contributed by atoms with van der Waals surface area (Å²) in [5, 5.41) is 9.82. The van der Waals surface area contributed by atoms with Crippen molar-refractivity contribution < 1.29 is 9.84 Å². The average molecular weight is 234 g/mol. The van der Waals surface area contributed by atoms with Crippen LogP contribution in [0.3, 0.4) is 0 Å². The largest absolute Gasteiger partial charge is 0.390 e. The van der Waals surface area contributed by atoms with Gasteiger partial charge in [0.1, 0.15) is 0 Å². The highest BCUT2D eigenvalue weighted by Gasteiger charge is 2.38. The van der Waals surface area contributed by atoms with Crippen LogP contribution in [0.2, 0.25) is 0 Å². The third kappa shape index (κ3) is 3.55. The van der Waals surface area contributed by atoms with Crippen molar-refractivity contribution in [1.82, 2.24) is 0 Å². The molecule has 1 saturated carbocycles. The number of ether oxygens (including phenoxy) is 1. The van der Waals surface area contributed by atoms with Crippen molar-refractivity contribution in [3.8, 4) is 0 Å². The summed E-state index contributed by atoms with van der Waals surface area (Å²) in [5.41, 5.74) is 0.710. The number of rotatable bonds is 5. The monoisotopic (exact) mass is 234 g/mol. The van der Waals surface area contributed by atoms with E-state index in [0.717, 1.165) is 19.4 Å². The molecule has 2 rings (SSSR count). The molecule has 0 unspecified atom stereocenters. The highest BCUT2D eigenvalue weighted by Crippen LogP contribution is 2.40. The van der Waals surface area contributed by atoms with Crippen molar-refractivity contribution in [2.75, 3.05) is 6.61 Å². The molecule has 1 N–H and O–H groups in total. The maximum atomic E-state index is 9.82. The fourth-order valence-corrected chi connectivity index (χ4v) is 2.37. The van der Waals surface area contributed by atoms with E-state index < -0.39 is 5.60 Å². The number of benzene rings is 1. The quantitative estimate of drug-likeness (QED) is 0.848. The van der Waals surface area contributed by atoms with Gasteiger partial charge in [0.25, 0.3) is 0 Å². The van der Waals surface area contributed by atoms with Crippen LogP contribution in [0.5, 0.6) is 0 Å². The Labute approximate surface area is 104 Å². The molecule has 17 heavy (non-hydrogen) atoms. The van der Waals surface area contributed by atoms with Crippen LogP contribution in [0.15, 0.2) is 30.3 Å². The van der Waals surface area contributed by atoms with Crippen LogP contribution in [-0.2, 0) is 11.3 Å². The van der Waals surface area contributed by atoms with Gasteiger partial charge in [-0.05, 0) is 44.1 Å². The van der Waals surface area contributed by atoms with E-state index in [2.05, 4.69) is 12.1 Å². The van der Waals surface area contributed by atoms with Gasteiger partial charge in [-0.25, -0.2) is 0 Å². The summed E-state index contributed by atoms with van der Waals surface area (Å²) in [6.07, 6.45) is 2.19. The second-order valence-electron chi connectivity index (χ2n) is 5.69. The summed E-state index contributed by atoms with van der Waals surface area (Å²) < 4.78 is 5.70. The van der Waals surface area contributed by atoms with Crippen molar-refractivity contribution in [2.45, 2.75) is 38.9 Å². The second-order valence-corrected chi connectivity index (χ2v) is 5.69. The van der Waals surface area contributed by atoms with E-state index in [1.165, 1.54) is 5.56 Å². The predicted molar refractivity (Wildman–Crippen MR) is 68.6 cm³/mol. The molecule has 0 saturated heterocycles. The van der Waals surface area contributed by atoms with Crippen molar-refractivity contribution >= 4 is 0 Å². The Morgan fingerprint density at radius 2 is 1.88 bits per heavy atom. The van der Waals surface area contributed by atoms with E-state index in [1.54, 1.807) is 0 Å². The Morgan fingerprint density at radius 3 is 2.47 bits per heavy atom. The maximum absolute atomic E-state index is 9.82. The van der Waals surface area contributed by atoms with Gasteiger partial charge in [0.15, 0.2) is 0 Å². The minimum atomic E-state index is -0.518. The first-order chi connectivity index (χ1) is 8.05. The zero-order chi connectivity index (χ0) is 12.3. The van der Waals surface area contributed by atoms with Gasteiger partial charge in [-0.1, -0.05) is 30.3 Å². The predicted octanol–water partition coefficient (Wildman–Crippen LogP) is 3.00. The molecule has 2 nitrogen and oxygen atoms in total. The van der Waals surface area contributed by atoms with Crippen LogP contribution in [0, 0.1) is 11.8 Å². The fraction of sp³-hybridized carbons (Fsp3) is 0.600. The first-order valence-corrected chi connectivity index (χ1v) is 6.40. The van der Waals surface area contributed by atoms with Gasteiger partial charge in [-0.15, -0.1) is 0 Å². The van der Waals surface area contributed by atoms with Crippen LogP contribution < -0.4 is 0 Å². The summed E-state index contributed by atoms with van der Waals surface area (Å²) in [7, 11) is 0. The lowest BCUT2D eigenvalue weighted by Gasteiger charge is -2.42. The number of hydrogen-bond donors (Lipinski definition) is 1. The van der Waals surface area contributed by atoms with Gasteiger partial charge in [-0.3, -0.25) is 0 Å². The molecule has 0 aromatic heterocycles. The molecule has 0 aliphatic heterocycles. The first kappa shape index (κ1) is 12.6. The molecule has 0 bridgehead atoms. The Morgan fingerprint density at radius 1 is 1.24 bits per heavy atom. The molecular formula is C15H22O2. The van der Waals surface area contributed by atoms with Gasteiger partial charge < -0.3 is 9.84 Å². The van der Waals surface area contributed by atoms with E-state index in [0.29, 0.717) is 18.4 Å². The lowest BCUT2D eigenvalue weighted by molar-refractivity contribution is -0.0647. The lowest BCUT2D eigenvalue weighted by atomic mass is 9.68. The Balaban J connectivity index is 1.63. The zero-order valence-electron chi connectivity index (χ0n) is 10.7. The topological polar surface area (TPSA) is 29.5 Å². The van der Waals surface area contributed by atoms with Crippen LogP contribution in [-0.4, -0.2) is 17.3 Å². The van der Waals surface area contributed by atoms with Crippen molar-refractivity contribution in [3.05, 3.63) is 35.9 Å². The average Bonchev–Trinajstić information content (AvgIpc) is 2.21. The summed E-state index contributed by atoms with van der Waals surface area (Å²) in [4.78, 5) is 0.